The minimum Gasteiger partial charge on any atom is -0.375 e. The van der Waals surface area contributed by atoms with Crippen LogP contribution in [-0.4, -0.2) is 23.8 Å². The lowest BCUT2D eigenvalue weighted by atomic mass is 9.79. The maximum absolute atomic E-state index is 12.8. The number of carbonyl (C=O) groups excluding carboxylic acids is 1. The van der Waals surface area contributed by atoms with E-state index in [2.05, 4.69) is 60.9 Å². The number of hydrogen-bond donors (Lipinski definition) is 0. The van der Waals surface area contributed by atoms with E-state index in [-0.39, 0.29) is 0 Å². The summed E-state index contributed by atoms with van der Waals surface area (Å²) in [7, 11) is 0. The molecule has 0 spiro atoms. The van der Waals surface area contributed by atoms with Crippen LogP contribution >= 0.6 is 0 Å². The number of allylic oxidation sites excluding steroid dienone is 9. The number of Topliss-reactive ketones (excluding diaryl/α,β-unsaturated/α-hetero) is 1. The Hall–Kier alpha value is -1.83. The van der Waals surface area contributed by atoms with Crippen LogP contribution in [0.25, 0.3) is 0 Å². The van der Waals surface area contributed by atoms with E-state index in [0.717, 1.165) is 44.3 Å². The number of piperidine rings is 1. The van der Waals surface area contributed by atoms with Gasteiger partial charge < -0.3 is 4.90 Å². The Kier molecular flexibility index (Phi) is 4.77. The van der Waals surface area contributed by atoms with E-state index in [9.17, 15) is 4.79 Å². The second-order valence-corrected chi connectivity index (χ2v) is 8.51. The largest absolute Gasteiger partial charge is 0.375 e. The summed E-state index contributed by atoms with van der Waals surface area (Å²) in [5.74, 6) is 2.07. The molecule has 0 aromatic carbocycles. The quantitative estimate of drug-likeness (QED) is 0.655. The second-order valence-electron chi connectivity index (χ2n) is 8.51. The summed E-state index contributed by atoms with van der Waals surface area (Å²) in [6.45, 7) is 8.43. The highest BCUT2D eigenvalue weighted by atomic mass is 16.1. The van der Waals surface area contributed by atoms with Crippen LogP contribution in [0, 0.1) is 23.2 Å². The lowest BCUT2D eigenvalue weighted by Crippen LogP contribution is -2.33. The second kappa shape index (κ2) is 7.06. The van der Waals surface area contributed by atoms with Gasteiger partial charge in [0, 0.05) is 36.2 Å². The molecule has 1 aliphatic heterocycles. The first-order chi connectivity index (χ1) is 12.6. The Balaban J connectivity index is 1.31. The number of nitrogens with zero attached hydrogens (tertiary/aromatic N) is 1. The molecule has 3 atom stereocenters. The minimum absolute atomic E-state index is 0.302. The van der Waals surface area contributed by atoms with Gasteiger partial charge in [-0.15, -0.1) is 0 Å². The molecule has 0 N–H and O–H groups in total. The van der Waals surface area contributed by atoms with Crippen LogP contribution in [0.5, 0.6) is 0 Å². The Morgan fingerprint density at radius 3 is 2.73 bits per heavy atom. The summed E-state index contributed by atoms with van der Waals surface area (Å²) in [4.78, 5) is 15.2. The van der Waals surface area contributed by atoms with Gasteiger partial charge in [-0.1, -0.05) is 56.0 Å². The fourth-order valence-corrected chi connectivity index (χ4v) is 5.02. The van der Waals surface area contributed by atoms with E-state index < -0.39 is 0 Å². The fraction of sp³-hybridized carbons (Fsp3) is 0.542. The van der Waals surface area contributed by atoms with Gasteiger partial charge in [0.2, 0.25) is 0 Å². The SMILES string of the molecule is C=C(CC)N1CCC(CC(=O)C2=CC3CC3(C3C=CC=CC3)C=C2)CC1. The van der Waals surface area contributed by atoms with Gasteiger partial charge in [-0.05, 0) is 49.9 Å². The van der Waals surface area contributed by atoms with E-state index in [4.69, 9.17) is 0 Å². The monoisotopic (exact) mass is 349 g/mol. The lowest BCUT2D eigenvalue weighted by molar-refractivity contribution is -0.116. The first-order valence-electron chi connectivity index (χ1n) is 10.3. The zero-order chi connectivity index (χ0) is 18.1. The summed E-state index contributed by atoms with van der Waals surface area (Å²) in [5, 5.41) is 0. The maximum atomic E-state index is 12.8. The van der Waals surface area contributed by atoms with Gasteiger partial charge in [0.15, 0.2) is 5.78 Å². The average Bonchev–Trinajstić information content (AvgIpc) is 3.43. The molecule has 2 heteroatoms. The van der Waals surface area contributed by atoms with Crippen LogP contribution in [-0.2, 0) is 4.79 Å². The third kappa shape index (κ3) is 3.26. The van der Waals surface area contributed by atoms with E-state index in [0.29, 0.717) is 35.4 Å². The fourth-order valence-electron chi connectivity index (χ4n) is 5.02. The summed E-state index contributed by atoms with van der Waals surface area (Å²) in [5.41, 5.74) is 2.51. The normalized spacial score (nSPS) is 33.0. The highest BCUT2D eigenvalue weighted by Gasteiger charge is 2.56. The zero-order valence-corrected chi connectivity index (χ0v) is 16.0. The van der Waals surface area contributed by atoms with Crippen LogP contribution in [0.2, 0.25) is 0 Å². The van der Waals surface area contributed by atoms with Crippen molar-refractivity contribution in [1.29, 1.82) is 0 Å². The predicted octanol–water partition coefficient (Wildman–Crippen LogP) is 5.22. The molecule has 4 rings (SSSR count). The lowest BCUT2D eigenvalue weighted by Gasteiger charge is -2.34. The van der Waals surface area contributed by atoms with Gasteiger partial charge in [-0.2, -0.15) is 0 Å². The van der Waals surface area contributed by atoms with Crippen LogP contribution in [0.1, 0.15) is 45.4 Å². The van der Waals surface area contributed by atoms with Crippen LogP contribution < -0.4 is 0 Å². The van der Waals surface area contributed by atoms with Crippen molar-refractivity contribution < 1.29 is 4.79 Å². The van der Waals surface area contributed by atoms with Crippen molar-refractivity contribution in [3.63, 3.8) is 0 Å². The molecule has 2 fully saturated rings. The molecule has 26 heavy (non-hydrogen) atoms. The molecule has 1 saturated carbocycles. The molecule has 1 saturated heterocycles. The molecule has 4 aliphatic rings. The molecule has 0 aromatic rings. The first-order valence-corrected chi connectivity index (χ1v) is 10.3. The van der Waals surface area contributed by atoms with Crippen LogP contribution in [0.3, 0.4) is 0 Å². The molecular formula is C24H31NO. The Labute approximate surface area is 158 Å². The smallest absolute Gasteiger partial charge is 0.162 e. The van der Waals surface area contributed by atoms with Crippen LogP contribution in [0.4, 0.5) is 0 Å². The number of likely N-dealkylation sites (tertiary alicyclic amines) is 1. The predicted molar refractivity (Wildman–Crippen MR) is 108 cm³/mol. The van der Waals surface area contributed by atoms with Gasteiger partial charge >= 0.3 is 0 Å². The number of carbonyl (C=O) groups is 1. The average molecular weight is 350 g/mol. The third-order valence-electron chi connectivity index (χ3n) is 6.99. The van der Waals surface area contributed by atoms with Gasteiger partial charge in [-0.25, -0.2) is 0 Å². The van der Waals surface area contributed by atoms with Crippen molar-refractivity contribution in [3.8, 4) is 0 Å². The third-order valence-corrected chi connectivity index (χ3v) is 6.99. The van der Waals surface area contributed by atoms with Gasteiger partial charge in [0.25, 0.3) is 0 Å². The van der Waals surface area contributed by atoms with E-state index in [1.807, 2.05) is 0 Å². The number of ketones is 1. The van der Waals surface area contributed by atoms with Crippen molar-refractivity contribution in [2.24, 2.45) is 23.2 Å². The molecule has 3 aliphatic carbocycles. The van der Waals surface area contributed by atoms with Crippen molar-refractivity contribution in [1.82, 2.24) is 4.90 Å². The molecular weight excluding hydrogens is 318 g/mol. The Bertz CT molecular complexity index is 702. The van der Waals surface area contributed by atoms with E-state index in [1.54, 1.807) is 0 Å². The summed E-state index contributed by atoms with van der Waals surface area (Å²) in [6.07, 6.45) is 22.0. The summed E-state index contributed by atoms with van der Waals surface area (Å²) in [6, 6.07) is 0. The molecule has 0 amide bonds. The highest BCUT2D eigenvalue weighted by Crippen LogP contribution is 2.63. The van der Waals surface area contributed by atoms with Crippen molar-refractivity contribution >= 4 is 5.78 Å². The van der Waals surface area contributed by atoms with E-state index >= 15 is 0 Å². The molecule has 1 heterocycles. The first kappa shape index (κ1) is 17.6. The Morgan fingerprint density at radius 2 is 2.08 bits per heavy atom. The summed E-state index contributed by atoms with van der Waals surface area (Å²) < 4.78 is 0. The van der Waals surface area contributed by atoms with Crippen molar-refractivity contribution in [2.75, 3.05) is 13.1 Å². The minimum atomic E-state index is 0.302. The van der Waals surface area contributed by atoms with Crippen LogP contribution in [0.15, 0.2) is 60.4 Å². The highest BCUT2D eigenvalue weighted by molar-refractivity contribution is 5.98. The molecule has 138 valence electrons. The molecule has 0 bridgehead atoms. The number of rotatable bonds is 6. The Morgan fingerprint density at radius 1 is 1.27 bits per heavy atom. The van der Waals surface area contributed by atoms with Gasteiger partial charge in [0.05, 0.1) is 0 Å². The molecule has 2 nitrogen and oxygen atoms in total. The summed E-state index contributed by atoms with van der Waals surface area (Å²) >= 11 is 0. The van der Waals surface area contributed by atoms with Crippen molar-refractivity contribution in [2.45, 2.75) is 45.4 Å². The topological polar surface area (TPSA) is 20.3 Å². The maximum Gasteiger partial charge on any atom is 0.162 e. The molecule has 0 radical (unpaired) electrons. The van der Waals surface area contributed by atoms with Gasteiger partial charge in [-0.3, -0.25) is 4.79 Å². The number of hydrogen-bond acceptors (Lipinski definition) is 2. The number of fused-ring (bicyclic) bond motifs is 1. The zero-order valence-electron chi connectivity index (χ0n) is 16.0. The molecule has 3 unspecified atom stereocenters. The standard InChI is InChI=1S/C24H31NO/c1-3-18(2)25-13-10-19(11-14-25)15-23(26)20-9-12-24(17-22(24)16-20)21-7-5-4-6-8-21/h4-7,9,12,16,19,21-22H,2-3,8,10-11,13-15,17H2,1H3. The van der Waals surface area contributed by atoms with E-state index in [1.165, 1.54) is 12.1 Å². The van der Waals surface area contributed by atoms with Gasteiger partial charge in [0.1, 0.15) is 0 Å². The van der Waals surface area contributed by atoms with Crippen molar-refractivity contribution in [3.05, 3.63) is 60.4 Å². The molecule has 0 aromatic heterocycles.